The molecule has 1 N–H and O–H groups in total. The highest BCUT2D eigenvalue weighted by atomic mass is 16.6. The van der Waals surface area contributed by atoms with Crippen molar-refractivity contribution >= 4 is 12.5 Å². The van der Waals surface area contributed by atoms with Crippen LogP contribution in [0.2, 0.25) is 0 Å². The topological polar surface area (TPSA) is 81.5 Å². The fourth-order valence-corrected chi connectivity index (χ4v) is 2.96. The number of carbonyl (C=O) groups is 1. The predicted molar refractivity (Wildman–Crippen MR) is 109 cm³/mol. The monoisotopic (exact) mass is 382 g/mol. The summed E-state index contributed by atoms with van der Waals surface area (Å²) in [6, 6.07) is 19.0. The fourth-order valence-electron chi connectivity index (χ4n) is 2.96. The van der Waals surface area contributed by atoms with Gasteiger partial charge < -0.3 is 10.1 Å². The van der Waals surface area contributed by atoms with Crippen molar-refractivity contribution in [3.8, 4) is 0 Å². The number of amides is 1. The first kappa shape index (κ1) is 21.3. The first-order chi connectivity index (χ1) is 13.6. The standard InChI is InChI=1S/C22H26N2O4/c1-18(23-17-25)22(20-13-6-3-7-14-20)28-21(16-24(26)27)15-9-8-12-19-10-4-2-5-11-19/h2-8,10-14,17-18,21-22H,9,15-16H2,1H3,(H,23,25)/b12-8+/t18-,21+,22-/m0/s1. The molecule has 6 heteroatoms. The highest BCUT2D eigenvalue weighted by Crippen LogP contribution is 2.24. The third-order valence-corrected chi connectivity index (χ3v) is 4.37. The van der Waals surface area contributed by atoms with Gasteiger partial charge in [0, 0.05) is 4.92 Å². The second-order valence-electron chi connectivity index (χ2n) is 6.57. The first-order valence-corrected chi connectivity index (χ1v) is 9.33. The van der Waals surface area contributed by atoms with E-state index in [2.05, 4.69) is 5.32 Å². The molecule has 28 heavy (non-hydrogen) atoms. The van der Waals surface area contributed by atoms with Crippen LogP contribution in [0.3, 0.4) is 0 Å². The highest BCUT2D eigenvalue weighted by molar-refractivity contribution is 5.48. The lowest BCUT2D eigenvalue weighted by molar-refractivity contribution is -0.493. The Hall–Kier alpha value is -2.99. The molecular formula is C22H26N2O4. The SMILES string of the molecule is C[C@H](NC=O)[C@H](O[C@H](CC/C=C/c1ccccc1)C[N+](=O)[O-])c1ccccc1. The Balaban J connectivity index is 2.05. The maximum atomic E-state index is 11.1. The van der Waals surface area contributed by atoms with Crippen LogP contribution >= 0.6 is 0 Å². The van der Waals surface area contributed by atoms with E-state index < -0.39 is 12.2 Å². The summed E-state index contributed by atoms with van der Waals surface area (Å²) in [7, 11) is 0. The van der Waals surface area contributed by atoms with Gasteiger partial charge in [-0.15, -0.1) is 0 Å². The predicted octanol–water partition coefficient (Wildman–Crippen LogP) is 4.02. The van der Waals surface area contributed by atoms with Crippen LogP contribution in [0, 0.1) is 10.1 Å². The van der Waals surface area contributed by atoms with Gasteiger partial charge in [-0.25, -0.2) is 0 Å². The van der Waals surface area contributed by atoms with Gasteiger partial charge in [0.25, 0.3) is 0 Å². The van der Waals surface area contributed by atoms with Crippen LogP contribution in [-0.2, 0) is 9.53 Å². The summed E-state index contributed by atoms with van der Waals surface area (Å²) in [4.78, 5) is 21.6. The van der Waals surface area contributed by atoms with E-state index in [1.54, 1.807) is 0 Å². The molecule has 3 atom stereocenters. The van der Waals surface area contributed by atoms with Crippen LogP contribution in [0.5, 0.6) is 0 Å². The minimum atomic E-state index is -0.559. The number of nitrogens with one attached hydrogen (secondary N) is 1. The van der Waals surface area contributed by atoms with Gasteiger partial charge in [0.2, 0.25) is 13.0 Å². The zero-order chi connectivity index (χ0) is 20.2. The maximum Gasteiger partial charge on any atom is 0.229 e. The van der Waals surface area contributed by atoms with Crippen molar-refractivity contribution in [1.82, 2.24) is 5.32 Å². The molecule has 0 unspecified atom stereocenters. The van der Waals surface area contributed by atoms with E-state index in [0.29, 0.717) is 19.3 Å². The van der Waals surface area contributed by atoms with Gasteiger partial charge in [-0.05, 0) is 30.9 Å². The van der Waals surface area contributed by atoms with Crippen molar-refractivity contribution in [1.29, 1.82) is 0 Å². The number of rotatable bonds is 12. The van der Waals surface area contributed by atoms with Gasteiger partial charge in [0.05, 0.1) is 6.04 Å². The van der Waals surface area contributed by atoms with E-state index in [1.165, 1.54) is 0 Å². The third-order valence-electron chi connectivity index (χ3n) is 4.37. The molecule has 2 rings (SSSR count). The average molecular weight is 382 g/mol. The van der Waals surface area contributed by atoms with Crippen molar-refractivity contribution in [3.05, 3.63) is 88.0 Å². The molecule has 0 aliphatic rings. The second-order valence-corrected chi connectivity index (χ2v) is 6.57. The number of nitrogens with zero attached hydrogens (tertiary/aromatic N) is 1. The number of ether oxygens (including phenoxy) is 1. The quantitative estimate of drug-likeness (QED) is 0.341. The Morgan fingerprint density at radius 1 is 1.11 bits per heavy atom. The molecule has 2 aromatic rings. The Morgan fingerprint density at radius 2 is 1.75 bits per heavy atom. The van der Waals surface area contributed by atoms with E-state index in [4.69, 9.17) is 4.74 Å². The Labute approximate surface area is 165 Å². The molecule has 0 fully saturated rings. The van der Waals surface area contributed by atoms with Crippen molar-refractivity contribution < 1.29 is 14.5 Å². The number of nitro groups is 1. The highest BCUT2D eigenvalue weighted by Gasteiger charge is 2.26. The van der Waals surface area contributed by atoms with Crippen molar-refractivity contribution in [2.75, 3.05) is 6.54 Å². The summed E-state index contributed by atoms with van der Waals surface area (Å²) >= 11 is 0. The third kappa shape index (κ3) is 7.32. The van der Waals surface area contributed by atoms with Crippen LogP contribution in [0.1, 0.15) is 37.0 Å². The zero-order valence-corrected chi connectivity index (χ0v) is 15.9. The smallest absolute Gasteiger partial charge is 0.229 e. The summed E-state index contributed by atoms with van der Waals surface area (Å²) in [5.74, 6) is 0. The molecule has 0 spiro atoms. The minimum absolute atomic E-state index is 0.281. The molecule has 1 amide bonds. The zero-order valence-electron chi connectivity index (χ0n) is 15.9. The maximum absolute atomic E-state index is 11.1. The van der Waals surface area contributed by atoms with Crippen molar-refractivity contribution in [2.45, 2.75) is 38.0 Å². The first-order valence-electron chi connectivity index (χ1n) is 9.33. The van der Waals surface area contributed by atoms with Gasteiger partial charge in [-0.1, -0.05) is 72.8 Å². The summed E-state index contributed by atoms with van der Waals surface area (Å²) in [6.07, 6.45) is 4.76. The summed E-state index contributed by atoms with van der Waals surface area (Å²) < 4.78 is 6.12. The Bertz CT molecular complexity index is 750. The molecule has 2 aromatic carbocycles. The minimum Gasteiger partial charge on any atom is -0.361 e. The Morgan fingerprint density at radius 3 is 2.36 bits per heavy atom. The molecule has 0 aromatic heterocycles. The molecule has 6 nitrogen and oxygen atoms in total. The normalized spacial score (nSPS) is 14.3. The number of benzene rings is 2. The lowest BCUT2D eigenvalue weighted by Crippen LogP contribution is -2.36. The van der Waals surface area contributed by atoms with Gasteiger partial charge in [-0.2, -0.15) is 0 Å². The van der Waals surface area contributed by atoms with Crippen LogP contribution < -0.4 is 5.32 Å². The molecule has 148 valence electrons. The van der Waals surface area contributed by atoms with Crippen LogP contribution in [0.25, 0.3) is 6.08 Å². The summed E-state index contributed by atoms with van der Waals surface area (Å²) in [5.41, 5.74) is 1.96. The van der Waals surface area contributed by atoms with Gasteiger partial charge in [0.15, 0.2) is 0 Å². The molecule has 0 radical (unpaired) electrons. The van der Waals surface area contributed by atoms with Gasteiger partial charge >= 0.3 is 0 Å². The molecule has 0 heterocycles. The van der Waals surface area contributed by atoms with E-state index in [0.717, 1.165) is 11.1 Å². The summed E-state index contributed by atoms with van der Waals surface area (Å²) in [6.45, 7) is 1.54. The summed E-state index contributed by atoms with van der Waals surface area (Å²) in [5, 5.41) is 13.8. The molecule has 0 aliphatic carbocycles. The van der Waals surface area contributed by atoms with Crippen LogP contribution in [0.4, 0.5) is 0 Å². The molecule has 0 aliphatic heterocycles. The number of allylic oxidation sites excluding steroid dienone is 1. The lowest BCUT2D eigenvalue weighted by atomic mass is 10.0. The van der Waals surface area contributed by atoms with Crippen molar-refractivity contribution in [2.24, 2.45) is 0 Å². The average Bonchev–Trinajstić information content (AvgIpc) is 2.70. The molecule has 0 saturated heterocycles. The van der Waals surface area contributed by atoms with Gasteiger partial charge in [-0.3, -0.25) is 14.9 Å². The number of hydrogen-bond donors (Lipinski definition) is 1. The number of carbonyl (C=O) groups excluding carboxylic acids is 1. The molecule has 0 saturated carbocycles. The van der Waals surface area contributed by atoms with E-state index in [1.807, 2.05) is 79.7 Å². The van der Waals surface area contributed by atoms with E-state index >= 15 is 0 Å². The van der Waals surface area contributed by atoms with Gasteiger partial charge in [0.1, 0.15) is 12.2 Å². The van der Waals surface area contributed by atoms with Crippen molar-refractivity contribution in [3.63, 3.8) is 0 Å². The molecule has 0 bridgehead atoms. The van der Waals surface area contributed by atoms with Crippen LogP contribution in [-0.4, -0.2) is 30.0 Å². The van der Waals surface area contributed by atoms with Crippen LogP contribution in [0.15, 0.2) is 66.7 Å². The number of hydrogen-bond acceptors (Lipinski definition) is 4. The molecular weight excluding hydrogens is 356 g/mol. The van der Waals surface area contributed by atoms with E-state index in [-0.39, 0.29) is 17.5 Å². The Kier molecular flexibility index (Phi) is 8.88. The second kappa shape index (κ2) is 11.7. The van der Waals surface area contributed by atoms with E-state index in [9.17, 15) is 14.9 Å². The fraction of sp³-hybridized carbons (Fsp3) is 0.318. The largest absolute Gasteiger partial charge is 0.361 e. The lowest BCUT2D eigenvalue weighted by Gasteiger charge is -2.27.